The minimum atomic E-state index is -0.384. The van der Waals surface area contributed by atoms with Gasteiger partial charge in [-0.1, -0.05) is 19.8 Å². The summed E-state index contributed by atoms with van der Waals surface area (Å²) >= 11 is 0. The number of ether oxygens (including phenoxy) is 1. The standard InChI is InChI=1S/C19H38N4O2/c1-5-23-14-10-11-16(23)15-22-18(20)21-13-9-7-6-8-12-17(24)25-19(2,3)4/h16H,5-15H2,1-4H3,(H3,20,21,22). The number of hydrogen-bond acceptors (Lipinski definition) is 4. The first-order valence-electron chi connectivity index (χ1n) is 9.81. The molecule has 0 spiro atoms. The molecule has 0 aromatic carbocycles. The van der Waals surface area contributed by atoms with E-state index in [2.05, 4.69) is 22.1 Å². The molecule has 25 heavy (non-hydrogen) atoms. The van der Waals surface area contributed by atoms with E-state index < -0.39 is 0 Å². The van der Waals surface area contributed by atoms with Crippen LogP contribution >= 0.6 is 0 Å². The highest BCUT2D eigenvalue weighted by atomic mass is 16.6. The number of hydrogen-bond donors (Lipinski definition) is 2. The Morgan fingerprint density at radius 3 is 2.68 bits per heavy atom. The fourth-order valence-corrected chi connectivity index (χ4v) is 3.13. The molecule has 1 saturated heterocycles. The first kappa shape index (κ1) is 21.7. The van der Waals surface area contributed by atoms with Gasteiger partial charge in [0.2, 0.25) is 0 Å². The van der Waals surface area contributed by atoms with Crippen molar-refractivity contribution in [3.8, 4) is 0 Å². The number of rotatable bonds is 10. The smallest absolute Gasteiger partial charge is 0.306 e. The summed E-state index contributed by atoms with van der Waals surface area (Å²) < 4.78 is 5.29. The van der Waals surface area contributed by atoms with Crippen molar-refractivity contribution in [1.29, 1.82) is 0 Å². The molecule has 0 bridgehead atoms. The molecule has 1 aliphatic heterocycles. The van der Waals surface area contributed by atoms with Crippen LogP contribution in [0.1, 0.15) is 72.6 Å². The van der Waals surface area contributed by atoms with E-state index in [0.29, 0.717) is 18.4 Å². The molecule has 0 amide bonds. The highest BCUT2D eigenvalue weighted by Crippen LogP contribution is 2.16. The van der Waals surface area contributed by atoms with E-state index in [0.717, 1.165) is 45.3 Å². The molecular formula is C19H38N4O2. The molecular weight excluding hydrogens is 316 g/mol. The third-order valence-electron chi connectivity index (χ3n) is 4.41. The van der Waals surface area contributed by atoms with E-state index in [1.807, 2.05) is 20.8 Å². The van der Waals surface area contributed by atoms with Gasteiger partial charge in [0, 0.05) is 19.0 Å². The van der Waals surface area contributed by atoms with Crippen molar-refractivity contribution in [3.63, 3.8) is 0 Å². The molecule has 1 heterocycles. The Bertz CT molecular complexity index is 418. The van der Waals surface area contributed by atoms with Crippen LogP contribution in [0.4, 0.5) is 0 Å². The van der Waals surface area contributed by atoms with E-state index in [4.69, 9.17) is 10.5 Å². The molecule has 1 unspecified atom stereocenters. The second-order valence-corrected chi connectivity index (χ2v) is 7.83. The Morgan fingerprint density at radius 1 is 1.28 bits per heavy atom. The average molecular weight is 355 g/mol. The van der Waals surface area contributed by atoms with Gasteiger partial charge in [-0.3, -0.25) is 14.7 Å². The zero-order valence-corrected chi connectivity index (χ0v) is 16.6. The fraction of sp³-hybridized carbons (Fsp3) is 0.895. The van der Waals surface area contributed by atoms with Gasteiger partial charge in [0.05, 0.1) is 6.54 Å². The zero-order chi connectivity index (χ0) is 18.7. The number of carbonyl (C=O) groups excluding carboxylic acids is 1. The summed E-state index contributed by atoms with van der Waals surface area (Å²) in [5, 5.41) is 3.19. The van der Waals surface area contributed by atoms with Crippen LogP contribution in [0.3, 0.4) is 0 Å². The number of nitrogens with one attached hydrogen (secondary N) is 1. The molecule has 0 saturated carbocycles. The summed E-state index contributed by atoms with van der Waals surface area (Å²) in [4.78, 5) is 18.5. The second kappa shape index (κ2) is 11.3. The van der Waals surface area contributed by atoms with E-state index >= 15 is 0 Å². The SMILES string of the molecule is CCN1CCCC1CN=C(N)NCCCCCCC(=O)OC(C)(C)C. The van der Waals surface area contributed by atoms with Crippen LogP contribution < -0.4 is 11.1 Å². The summed E-state index contributed by atoms with van der Waals surface area (Å²) in [6, 6.07) is 0.554. The van der Waals surface area contributed by atoms with Gasteiger partial charge in [-0.15, -0.1) is 0 Å². The van der Waals surface area contributed by atoms with E-state index in [1.54, 1.807) is 0 Å². The molecule has 1 fully saturated rings. The lowest BCUT2D eigenvalue weighted by molar-refractivity contribution is -0.154. The molecule has 3 N–H and O–H groups in total. The summed E-state index contributed by atoms with van der Waals surface area (Å²) in [6.07, 6.45) is 7.03. The number of esters is 1. The van der Waals surface area contributed by atoms with Gasteiger partial charge in [-0.25, -0.2) is 0 Å². The third-order valence-corrected chi connectivity index (χ3v) is 4.41. The summed E-state index contributed by atoms with van der Waals surface area (Å²) in [5.74, 6) is 0.451. The largest absolute Gasteiger partial charge is 0.460 e. The predicted octanol–water partition coefficient (Wildman–Crippen LogP) is 2.67. The molecule has 1 aliphatic rings. The van der Waals surface area contributed by atoms with Crippen molar-refractivity contribution in [1.82, 2.24) is 10.2 Å². The monoisotopic (exact) mass is 354 g/mol. The first-order valence-corrected chi connectivity index (χ1v) is 9.81. The molecule has 0 aromatic heterocycles. The Morgan fingerprint density at radius 2 is 2.00 bits per heavy atom. The molecule has 0 aromatic rings. The maximum atomic E-state index is 11.6. The number of carbonyl (C=O) groups is 1. The number of nitrogens with two attached hydrogens (primary N) is 1. The lowest BCUT2D eigenvalue weighted by atomic mass is 10.1. The molecule has 6 nitrogen and oxygen atoms in total. The van der Waals surface area contributed by atoms with Gasteiger partial charge in [0.25, 0.3) is 0 Å². The van der Waals surface area contributed by atoms with Crippen LogP contribution in [0.15, 0.2) is 4.99 Å². The number of guanidine groups is 1. The Balaban J connectivity index is 2.02. The highest BCUT2D eigenvalue weighted by Gasteiger charge is 2.22. The van der Waals surface area contributed by atoms with Gasteiger partial charge in [0.1, 0.15) is 5.60 Å². The summed E-state index contributed by atoms with van der Waals surface area (Å²) in [5.41, 5.74) is 5.55. The van der Waals surface area contributed by atoms with E-state index in [-0.39, 0.29) is 11.6 Å². The van der Waals surface area contributed by atoms with Crippen molar-refractivity contribution in [2.75, 3.05) is 26.2 Å². The Hall–Kier alpha value is -1.30. The van der Waals surface area contributed by atoms with Crippen LogP contribution in [-0.2, 0) is 9.53 Å². The lowest BCUT2D eigenvalue weighted by Crippen LogP contribution is -2.36. The Kier molecular flexibility index (Phi) is 9.86. The number of nitrogens with zero attached hydrogens (tertiary/aromatic N) is 2. The quantitative estimate of drug-likeness (QED) is 0.273. The van der Waals surface area contributed by atoms with Crippen LogP contribution in [0.2, 0.25) is 0 Å². The number of likely N-dealkylation sites (tertiary alicyclic amines) is 1. The van der Waals surface area contributed by atoms with Crippen LogP contribution in [0, 0.1) is 0 Å². The van der Waals surface area contributed by atoms with Gasteiger partial charge in [-0.05, 0) is 59.5 Å². The molecule has 0 radical (unpaired) electrons. The molecule has 6 heteroatoms. The van der Waals surface area contributed by atoms with E-state index in [1.165, 1.54) is 19.4 Å². The molecule has 0 aliphatic carbocycles. The van der Waals surface area contributed by atoms with E-state index in [9.17, 15) is 4.79 Å². The molecule has 146 valence electrons. The maximum Gasteiger partial charge on any atom is 0.306 e. The van der Waals surface area contributed by atoms with Gasteiger partial charge in [0.15, 0.2) is 5.96 Å². The van der Waals surface area contributed by atoms with Crippen molar-refractivity contribution in [3.05, 3.63) is 0 Å². The molecule has 1 rings (SSSR count). The number of unbranched alkanes of at least 4 members (excludes halogenated alkanes) is 3. The van der Waals surface area contributed by atoms with Crippen molar-refractivity contribution in [2.24, 2.45) is 10.7 Å². The minimum absolute atomic E-state index is 0.102. The fourth-order valence-electron chi connectivity index (χ4n) is 3.13. The summed E-state index contributed by atoms with van der Waals surface area (Å²) in [7, 11) is 0. The number of aliphatic imine (C=N–C) groups is 1. The summed E-state index contributed by atoms with van der Waals surface area (Å²) in [6.45, 7) is 11.8. The van der Waals surface area contributed by atoms with Crippen LogP contribution in [0.25, 0.3) is 0 Å². The predicted molar refractivity (Wildman–Crippen MR) is 104 cm³/mol. The minimum Gasteiger partial charge on any atom is -0.460 e. The Labute approximate surface area is 153 Å². The highest BCUT2D eigenvalue weighted by molar-refractivity contribution is 5.77. The lowest BCUT2D eigenvalue weighted by Gasteiger charge is -2.20. The van der Waals surface area contributed by atoms with Gasteiger partial charge in [-0.2, -0.15) is 0 Å². The second-order valence-electron chi connectivity index (χ2n) is 7.83. The van der Waals surface area contributed by atoms with Gasteiger partial charge >= 0.3 is 5.97 Å². The maximum absolute atomic E-state index is 11.6. The van der Waals surface area contributed by atoms with Gasteiger partial charge < -0.3 is 15.8 Å². The number of likely N-dealkylation sites (N-methyl/N-ethyl adjacent to an activating group) is 1. The van der Waals surface area contributed by atoms with Crippen molar-refractivity contribution in [2.45, 2.75) is 84.3 Å². The van der Waals surface area contributed by atoms with Crippen molar-refractivity contribution < 1.29 is 9.53 Å². The van der Waals surface area contributed by atoms with Crippen LogP contribution in [-0.4, -0.2) is 54.7 Å². The normalized spacial score (nSPS) is 19.2. The first-order chi connectivity index (χ1) is 11.8. The third kappa shape index (κ3) is 10.3. The van der Waals surface area contributed by atoms with Crippen LogP contribution in [0.5, 0.6) is 0 Å². The molecule has 1 atom stereocenters. The zero-order valence-electron chi connectivity index (χ0n) is 16.6. The van der Waals surface area contributed by atoms with Crippen molar-refractivity contribution >= 4 is 11.9 Å². The average Bonchev–Trinajstić information content (AvgIpc) is 2.97. The topological polar surface area (TPSA) is 80.0 Å².